The van der Waals surface area contributed by atoms with E-state index in [0.29, 0.717) is 36.3 Å². The van der Waals surface area contributed by atoms with Crippen molar-refractivity contribution in [2.75, 3.05) is 47.0 Å². The number of alkyl halides is 1. The molecule has 7 heteroatoms. The molecule has 1 rings (SSSR count). The molecule has 0 N–H and O–H groups in total. The van der Waals surface area contributed by atoms with Gasteiger partial charge in [-0.25, -0.2) is 4.79 Å². The molecule has 0 unspecified atom stereocenters. The highest BCUT2D eigenvalue weighted by atomic mass is 35.5. The van der Waals surface area contributed by atoms with Gasteiger partial charge in [0.1, 0.15) is 6.61 Å². The molecule has 0 aliphatic rings. The number of benzene rings is 1. The maximum absolute atomic E-state index is 11.6. The van der Waals surface area contributed by atoms with Gasteiger partial charge in [0.25, 0.3) is 0 Å². The van der Waals surface area contributed by atoms with Crippen LogP contribution in [0, 0.1) is 0 Å². The van der Waals surface area contributed by atoms with Crippen LogP contribution in [0.3, 0.4) is 0 Å². The normalized spacial score (nSPS) is 10.6. The average molecular weight is 345 g/mol. The molecule has 23 heavy (non-hydrogen) atoms. The van der Waals surface area contributed by atoms with E-state index in [1.54, 1.807) is 18.2 Å². The van der Waals surface area contributed by atoms with Crippen molar-refractivity contribution < 1.29 is 28.5 Å². The lowest BCUT2D eigenvalue weighted by atomic mass is 10.1. The lowest BCUT2D eigenvalue weighted by molar-refractivity contribution is -0.139. The molecular weight excluding hydrogens is 324 g/mol. The van der Waals surface area contributed by atoms with Crippen LogP contribution in [0.5, 0.6) is 17.2 Å². The molecular formula is C16H21ClO6. The first-order valence-corrected chi connectivity index (χ1v) is 7.48. The largest absolute Gasteiger partial charge is 0.493 e. The Hall–Kier alpha value is -1.92. The third-order valence-electron chi connectivity index (χ3n) is 2.79. The van der Waals surface area contributed by atoms with E-state index in [9.17, 15) is 4.79 Å². The first-order valence-electron chi connectivity index (χ1n) is 6.94. The molecule has 0 saturated heterocycles. The number of carbonyl (C=O) groups is 1. The Morgan fingerprint density at radius 3 is 2.22 bits per heavy atom. The van der Waals surface area contributed by atoms with Crippen LogP contribution in [-0.2, 0) is 14.3 Å². The number of esters is 1. The second kappa shape index (κ2) is 10.7. The van der Waals surface area contributed by atoms with Gasteiger partial charge in [0.2, 0.25) is 5.75 Å². The maximum atomic E-state index is 11.6. The van der Waals surface area contributed by atoms with E-state index in [2.05, 4.69) is 0 Å². The van der Waals surface area contributed by atoms with Gasteiger partial charge in [-0.1, -0.05) is 0 Å². The van der Waals surface area contributed by atoms with Crippen molar-refractivity contribution in [1.29, 1.82) is 0 Å². The van der Waals surface area contributed by atoms with E-state index in [-0.39, 0.29) is 6.61 Å². The van der Waals surface area contributed by atoms with Crippen molar-refractivity contribution in [2.45, 2.75) is 0 Å². The summed E-state index contributed by atoms with van der Waals surface area (Å²) in [5.74, 6) is 1.46. The van der Waals surface area contributed by atoms with Crippen LogP contribution >= 0.6 is 11.6 Å². The van der Waals surface area contributed by atoms with Gasteiger partial charge in [0.15, 0.2) is 11.5 Å². The number of ether oxygens (including phenoxy) is 5. The standard InChI is InChI=1S/C16H21ClO6/c1-19-13-10-12(11-14(20-2)16(13)21-3)4-5-15(18)23-9-8-22-7-6-17/h4-5,10-11H,6-9H2,1-3H3/b5-4+. The Kier molecular flexibility index (Phi) is 8.94. The van der Waals surface area contributed by atoms with Crippen molar-refractivity contribution in [3.8, 4) is 17.2 Å². The molecule has 0 aliphatic carbocycles. The molecule has 0 aromatic heterocycles. The third kappa shape index (κ3) is 6.38. The number of halogens is 1. The summed E-state index contributed by atoms with van der Waals surface area (Å²) in [5.41, 5.74) is 0.717. The van der Waals surface area contributed by atoms with Gasteiger partial charge in [-0.3, -0.25) is 0 Å². The Bertz CT molecular complexity index is 504. The average Bonchev–Trinajstić information content (AvgIpc) is 2.58. The lowest BCUT2D eigenvalue weighted by Gasteiger charge is -2.12. The second-order valence-corrected chi connectivity index (χ2v) is 4.64. The molecule has 1 aromatic carbocycles. The molecule has 0 bridgehead atoms. The Morgan fingerprint density at radius 2 is 1.70 bits per heavy atom. The Balaban J connectivity index is 2.67. The van der Waals surface area contributed by atoms with Crippen LogP contribution < -0.4 is 14.2 Å². The lowest BCUT2D eigenvalue weighted by Crippen LogP contribution is -2.09. The predicted molar refractivity (Wildman–Crippen MR) is 87.6 cm³/mol. The van der Waals surface area contributed by atoms with Crippen molar-refractivity contribution in [3.05, 3.63) is 23.8 Å². The number of carbonyl (C=O) groups excluding carboxylic acids is 1. The highest BCUT2D eigenvalue weighted by Crippen LogP contribution is 2.38. The number of hydrogen-bond acceptors (Lipinski definition) is 6. The smallest absolute Gasteiger partial charge is 0.330 e. The zero-order valence-corrected chi connectivity index (χ0v) is 14.2. The summed E-state index contributed by atoms with van der Waals surface area (Å²) < 4.78 is 25.8. The highest BCUT2D eigenvalue weighted by Gasteiger charge is 2.12. The van der Waals surface area contributed by atoms with E-state index in [0.717, 1.165) is 5.56 Å². The highest BCUT2D eigenvalue weighted by molar-refractivity contribution is 6.17. The van der Waals surface area contributed by atoms with Gasteiger partial charge >= 0.3 is 5.97 Å². The van der Waals surface area contributed by atoms with Crippen LogP contribution in [0.1, 0.15) is 5.56 Å². The van der Waals surface area contributed by atoms with Gasteiger partial charge in [-0.05, 0) is 23.8 Å². The monoisotopic (exact) mass is 344 g/mol. The Labute approximate surface area is 140 Å². The van der Waals surface area contributed by atoms with Crippen molar-refractivity contribution in [2.24, 2.45) is 0 Å². The maximum Gasteiger partial charge on any atom is 0.330 e. The van der Waals surface area contributed by atoms with Crippen molar-refractivity contribution in [1.82, 2.24) is 0 Å². The van der Waals surface area contributed by atoms with Crippen molar-refractivity contribution in [3.63, 3.8) is 0 Å². The predicted octanol–water partition coefficient (Wildman–Crippen LogP) is 2.52. The molecule has 0 fully saturated rings. The van der Waals surface area contributed by atoms with Crippen LogP contribution in [0.4, 0.5) is 0 Å². The topological polar surface area (TPSA) is 63.2 Å². The first-order chi connectivity index (χ1) is 11.2. The molecule has 6 nitrogen and oxygen atoms in total. The zero-order valence-electron chi connectivity index (χ0n) is 13.5. The quantitative estimate of drug-likeness (QED) is 0.281. The number of hydrogen-bond donors (Lipinski definition) is 0. The van der Waals surface area contributed by atoms with Gasteiger partial charge < -0.3 is 23.7 Å². The summed E-state index contributed by atoms with van der Waals surface area (Å²) in [5, 5.41) is 0. The van der Waals surface area contributed by atoms with E-state index < -0.39 is 5.97 Å². The number of methoxy groups -OCH3 is 3. The summed E-state index contributed by atoms with van der Waals surface area (Å²) >= 11 is 5.46. The summed E-state index contributed by atoms with van der Waals surface area (Å²) in [6.45, 7) is 0.923. The minimum absolute atomic E-state index is 0.176. The van der Waals surface area contributed by atoms with E-state index >= 15 is 0 Å². The molecule has 0 atom stereocenters. The molecule has 0 spiro atoms. The first kappa shape index (κ1) is 19.1. The fraction of sp³-hybridized carbons (Fsp3) is 0.438. The molecule has 0 heterocycles. The van der Waals surface area contributed by atoms with Gasteiger partial charge in [-0.2, -0.15) is 0 Å². The molecule has 0 aliphatic heterocycles. The van der Waals surface area contributed by atoms with Crippen LogP contribution in [0.15, 0.2) is 18.2 Å². The van der Waals surface area contributed by atoms with Crippen molar-refractivity contribution >= 4 is 23.6 Å². The molecule has 128 valence electrons. The minimum atomic E-state index is -0.465. The van der Waals surface area contributed by atoms with E-state index in [1.165, 1.54) is 27.4 Å². The second-order valence-electron chi connectivity index (χ2n) is 4.26. The number of rotatable bonds is 10. The summed E-state index contributed by atoms with van der Waals surface area (Å²) in [6.07, 6.45) is 2.93. The van der Waals surface area contributed by atoms with E-state index in [4.69, 9.17) is 35.3 Å². The van der Waals surface area contributed by atoms with Gasteiger partial charge in [-0.15, -0.1) is 11.6 Å². The summed E-state index contributed by atoms with van der Waals surface area (Å²) in [6, 6.07) is 3.46. The van der Waals surface area contributed by atoms with Crippen LogP contribution in [0.2, 0.25) is 0 Å². The molecule has 0 amide bonds. The van der Waals surface area contributed by atoms with Gasteiger partial charge in [0, 0.05) is 12.0 Å². The summed E-state index contributed by atoms with van der Waals surface area (Å²) in [7, 11) is 4.58. The zero-order chi connectivity index (χ0) is 17.1. The molecule has 0 radical (unpaired) electrons. The molecule has 0 saturated carbocycles. The fourth-order valence-electron chi connectivity index (χ4n) is 1.77. The SMILES string of the molecule is COc1cc(/C=C/C(=O)OCCOCCCl)cc(OC)c1OC. The minimum Gasteiger partial charge on any atom is -0.493 e. The van der Waals surface area contributed by atoms with E-state index in [1.807, 2.05) is 0 Å². The van der Waals surface area contributed by atoms with Crippen LogP contribution in [0.25, 0.3) is 6.08 Å². The summed E-state index contributed by atoms with van der Waals surface area (Å²) in [4.78, 5) is 11.6. The van der Waals surface area contributed by atoms with Gasteiger partial charge in [0.05, 0.1) is 34.5 Å². The third-order valence-corrected chi connectivity index (χ3v) is 2.95. The molecule has 1 aromatic rings. The van der Waals surface area contributed by atoms with Crippen LogP contribution in [-0.4, -0.2) is 53.0 Å². The Morgan fingerprint density at radius 1 is 1.04 bits per heavy atom. The fourth-order valence-corrected chi connectivity index (χ4v) is 1.88.